The largest absolute Gasteiger partial charge is 0.467 e. The lowest BCUT2D eigenvalue weighted by atomic mass is 10.0. The molecule has 1 heterocycles. The molecule has 1 saturated heterocycles. The number of carbonyl (C=O) groups is 3. The van der Waals surface area contributed by atoms with Crippen LogP contribution in [0.15, 0.2) is 0 Å². The lowest BCUT2D eigenvalue weighted by Gasteiger charge is -2.27. The van der Waals surface area contributed by atoms with Crippen molar-refractivity contribution in [2.75, 3.05) is 13.7 Å². The quantitative estimate of drug-likeness (QED) is 0.578. The second-order valence-electron chi connectivity index (χ2n) is 8.06. The molecule has 1 fully saturated rings. The first-order chi connectivity index (χ1) is 10.8. The van der Waals surface area contributed by atoms with Crippen molar-refractivity contribution in [1.29, 1.82) is 0 Å². The van der Waals surface area contributed by atoms with Gasteiger partial charge in [-0.15, -0.1) is 0 Å². The number of hydrogen-bond donors (Lipinski definition) is 0. The highest BCUT2D eigenvalue weighted by Crippen LogP contribution is 2.29. The molecular weight excluding hydrogens is 314 g/mol. The molecule has 0 aliphatic carbocycles. The Morgan fingerprint density at radius 1 is 1.00 bits per heavy atom. The van der Waals surface area contributed by atoms with Crippen molar-refractivity contribution in [3.05, 3.63) is 0 Å². The normalized spacial score (nSPS) is 21.4. The van der Waals surface area contributed by atoms with Crippen molar-refractivity contribution in [2.45, 2.75) is 71.6 Å². The Hall–Kier alpha value is -1.79. The molecule has 7 heteroatoms. The average molecular weight is 343 g/mol. The molecule has 0 saturated carbocycles. The molecule has 2 atom stereocenters. The SMILES string of the molecule is COC(=O)[C@@H]1C[C@H](CC(=O)OC(C)(C)C)CN1C(=O)OC(C)(C)C. The van der Waals surface area contributed by atoms with E-state index in [1.807, 2.05) is 0 Å². The molecule has 1 rings (SSSR count). The molecule has 0 spiro atoms. The number of likely N-dealkylation sites (tertiary alicyclic amines) is 1. The summed E-state index contributed by atoms with van der Waals surface area (Å²) in [6.45, 7) is 10.9. The third-order valence-corrected chi connectivity index (χ3v) is 3.36. The number of hydrogen-bond acceptors (Lipinski definition) is 6. The van der Waals surface area contributed by atoms with Crippen molar-refractivity contribution in [3.63, 3.8) is 0 Å². The van der Waals surface area contributed by atoms with Gasteiger partial charge in [-0.2, -0.15) is 0 Å². The van der Waals surface area contributed by atoms with E-state index in [4.69, 9.17) is 14.2 Å². The first-order valence-corrected chi connectivity index (χ1v) is 8.11. The van der Waals surface area contributed by atoms with Crippen LogP contribution < -0.4 is 0 Å². The summed E-state index contributed by atoms with van der Waals surface area (Å²) in [5.74, 6) is -1.02. The highest BCUT2D eigenvalue weighted by molar-refractivity contribution is 5.82. The molecule has 1 aliphatic heterocycles. The van der Waals surface area contributed by atoms with E-state index in [-0.39, 0.29) is 24.9 Å². The number of ether oxygens (including phenoxy) is 3. The Kier molecular flexibility index (Phi) is 6.25. The van der Waals surface area contributed by atoms with E-state index in [1.165, 1.54) is 12.0 Å². The van der Waals surface area contributed by atoms with Crippen molar-refractivity contribution >= 4 is 18.0 Å². The van der Waals surface area contributed by atoms with Gasteiger partial charge < -0.3 is 14.2 Å². The van der Waals surface area contributed by atoms with Gasteiger partial charge in [0.25, 0.3) is 0 Å². The maximum absolute atomic E-state index is 12.3. The summed E-state index contributed by atoms with van der Waals surface area (Å²) in [7, 11) is 1.27. The minimum atomic E-state index is -0.739. The number of esters is 2. The molecular formula is C17H29NO6. The third kappa shape index (κ3) is 6.37. The molecule has 7 nitrogen and oxygen atoms in total. The van der Waals surface area contributed by atoms with Gasteiger partial charge in [0.05, 0.1) is 13.5 Å². The van der Waals surface area contributed by atoms with Crippen LogP contribution in [0.5, 0.6) is 0 Å². The summed E-state index contributed by atoms with van der Waals surface area (Å²) in [4.78, 5) is 37.6. The van der Waals surface area contributed by atoms with Crippen LogP contribution in [0.4, 0.5) is 4.79 Å². The highest BCUT2D eigenvalue weighted by Gasteiger charge is 2.43. The molecule has 138 valence electrons. The van der Waals surface area contributed by atoms with Crippen LogP contribution in [-0.4, -0.2) is 53.8 Å². The number of carbonyl (C=O) groups excluding carboxylic acids is 3. The zero-order valence-corrected chi connectivity index (χ0v) is 15.7. The zero-order chi connectivity index (χ0) is 18.7. The van der Waals surface area contributed by atoms with Crippen molar-refractivity contribution in [1.82, 2.24) is 4.90 Å². The van der Waals surface area contributed by atoms with Gasteiger partial charge in [-0.3, -0.25) is 9.69 Å². The highest BCUT2D eigenvalue weighted by atomic mass is 16.6. The maximum atomic E-state index is 12.3. The monoisotopic (exact) mass is 343 g/mol. The lowest BCUT2D eigenvalue weighted by molar-refractivity contribution is -0.156. The van der Waals surface area contributed by atoms with Crippen LogP contribution in [0.3, 0.4) is 0 Å². The predicted octanol–water partition coefficient (Wildman–Crippen LogP) is 2.52. The summed E-state index contributed by atoms with van der Waals surface area (Å²) in [5.41, 5.74) is -1.23. The van der Waals surface area contributed by atoms with E-state index in [1.54, 1.807) is 41.5 Å². The third-order valence-electron chi connectivity index (χ3n) is 3.36. The Balaban J connectivity index is 2.78. The van der Waals surface area contributed by atoms with Crippen molar-refractivity contribution in [2.24, 2.45) is 5.92 Å². The predicted molar refractivity (Wildman–Crippen MR) is 87.3 cm³/mol. The van der Waals surface area contributed by atoms with Crippen LogP contribution >= 0.6 is 0 Å². The van der Waals surface area contributed by atoms with E-state index in [0.29, 0.717) is 6.42 Å². The van der Waals surface area contributed by atoms with Gasteiger partial charge in [0, 0.05) is 6.54 Å². The van der Waals surface area contributed by atoms with E-state index in [9.17, 15) is 14.4 Å². The number of methoxy groups -OCH3 is 1. The molecule has 0 aromatic rings. The fourth-order valence-electron chi connectivity index (χ4n) is 2.57. The molecule has 24 heavy (non-hydrogen) atoms. The van der Waals surface area contributed by atoms with Crippen LogP contribution in [0.2, 0.25) is 0 Å². The molecule has 0 radical (unpaired) electrons. The molecule has 0 N–H and O–H groups in total. The molecule has 0 bridgehead atoms. The molecule has 0 aromatic heterocycles. The standard InChI is InChI=1S/C17H29NO6/c1-16(2,3)23-13(19)9-11-8-12(14(20)22-7)18(10-11)15(21)24-17(4,5)6/h11-12H,8-10H2,1-7H3/t11-,12+/m1/s1. The topological polar surface area (TPSA) is 82.1 Å². The van der Waals surface area contributed by atoms with Crippen molar-refractivity contribution < 1.29 is 28.6 Å². The first-order valence-electron chi connectivity index (χ1n) is 8.11. The average Bonchev–Trinajstić information content (AvgIpc) is 2.77. The smallest absolute Gasteiger partial charge is 0.411 e. The fourth-order valence-corrected chi connectivity index (χ4v) is 2.57. The number of rotatable bonds is 3. The number of amides is 1. The minimum absolute atomic E-state index is 0.143. The number of nitrogens with zero attached hydrogens (tertiary/aromatic N) is 1. The maximum Gasteiger partial charge on any atom is 0.411 e. The van der Waals surface area contributed by atoms with E-state index in [0.717, 1.165) is 0 Å². The Labute approximate surface area is 143 Å². The molecule has 1 amide bonds. The van der Waals surface area contributed by atoms with Crippen LogP contribution in [0.25, 0.3) is 0 Å². The molecule has 1 aliphatic rings. The summed E-state index contributed by atoms with van der Waals surface area (Å²) < 4.78 is 15.4. The Bertz CT molecular complexity index is 488. The van der Waals surface area contributed by atoms with Gasteiger partial charge in [0.2, 0.25) is 0 Å². The van der Waals surface area contributed by atoms with Crippen LogP contribution in [0, 0.1) is 5.92 Å². The Morgan fingerprint density at radius 2 is 1.54 bits per heavy atom. The minimum Gasteiger partial charge on any atom is -0.467 e. The van der Waals surface area contributed by atoms with Crippen LogP contribution in [0.1, 0.15) is 54.4 Å². The lowest BCUT2D eigenvalue weighted by Crippen LogP contribution is -2.43. The fraction of sp³-hybridized carbons (Fsp3) is 0.824. The van der Waals surface area contributed by atoms with Gasteiger partial charge in [0.1, 0.15) is 17.2 Å². The van der Waals surface area contributed by atoms with Crippen molar-refractivity contribution in [3.8, 4) is 0 Å². The summed E-state index contributed by atoms with van der Waals surface area (Å²) in [6, 6.07) is -0.739. The zero-order valence-electron chi connectivity index (χ0n) is 15.7. The van der Waals surface area contributed by atoms with Gasteiger partial charge in [-0.1, -0.05) is 0 Å². The second-order valence-corrected chi connectivity index (χ2v) is 8.06. The van der Waals surface area contributed by atoms with Gasteiger partial charge in [0.15, 0.2) is 0 Å². The van der Waals surface area contributed by atoms with E-state index >= 15 is 0 Å². The first kappa shape index (κ1) is 20.3. The Morgan fingerprint density at radius 3 is 2.00 bits per heavy atom. The second kappa shape index (κ2) is 7.40. The summed E-state index contributed by atoms with van der Waals surface area (Å²) in [6.07, 6.45) is -0.0838. The summed E-state index contributed by atoms with van der Waals surface area (Å²) in [5, 5.41) is 0. The van der Waals surface area contributed by atoms with Gasteiger partial charge in [-0.05, 0) is 53.9 Å². The van der Waals surface area contributed by atoms with Gasteiger partial charge in [-0.25, -0.2) is 9.59 Å². The van der Waals surface area contributed by atoms with E-state index in [2.05, 4.69) is 0 Å². The summed E-state index contributed by atoms with van der Waals surface area (Å²) >= 11 is 0. The molecule has 0 aromatic carbocycles. The van der Waals surface area contributed by atoms with E-state index < -0.39 is 29.3 Å². The molecule has 0 unspecified atom stereocenters. The van der Waals surface area contributed by atoms with Gasteiger partial charge >= 0.3 is 18.0 Å². The van der Waals surface area contributed by atoms with Crippen LogP contribution in [-0.2, 0) is 23.8 Å².